The number of hydrogen-bond donors (Lipinski definition) is 1. The molecule has 1 rings (SSSR count). The number of hydrogen-bond acceptors (Lipinski definition) is 4. The van der Waals surface area contributed by atoms with Gasteiger partial charge >= 0.3 is 5.97 Å². The van der Waals surface area contributed by atoms with E-state index in [9.17, 15) is 4.79 Å². The Morgan fingerprint density at radius 2 is 2.45 bits per heavy atom. The van der Waals surface area contributed by atoms with Gasteiger partial charge in [-0.15, -0.1) is 11.8 Å². The molecule has 6 heteroatoms. The summed E-state index contributed by atoms with van der Waals surface area (Å²) in [5.41, 5.74) is 0. The molecule has 0 saturated heterocycles. The molecule has 0 bridgehead atoms. The van der Waals surface area contributed by atoms with Crippen LogP contribution in [0.2, 0.25) is 5.02 Å². The average Bonchev–Trinajstić information content (AvgIpc) is 2.30. The Morgan fingerprint density at radius 3 is 2.73 bits per heavy atom. The van der Waals surface area contributed by atoms with E-state index in [0.29, 0.717) is 5.03 Å². The highest BCUT2D eigenvalue weighted by Crippen LogP contribution is 2.27. The molecule has 1 aromatic rings. The molecule has 0 aliphatic carbocycles. The van der Waals surface area contributed by atoms with Gasteiger partial charge in [-0.2, -0.15) is 0 Å². The van der Waals surface area contributed by atoms with E-state index in [1.54, 1.807) is 6.26 Å². The number of rotatable bonds is 2. The zero-order valence-corrected chi connectivity index (χ0v) is 7.07. The fraction of sp³-hybridized carbons (Fsp3) is 0.200. The van der Waals surface area contributed by atoms with Crippen molar-refractivity contribution in [2.24, 2.45) is 0 Å². The van der Waals surface area contributed by atoms with E-state index in [1.165, 1.54) is 11.8 Å². The third-order valence-corrected chi connectivity index (χ3v) is 2.12. The van der Waals surface area contributed by atoms with E-state index < -0.39 is 5.97 Å². The van der Waals surface area contributed by atoms with Crippen LogP contribution in [0.3, 0.4) is 0 Å². The lowest BCUT2D eigenvalue weighted by atomic mass is 10.5. The SMILES string of the molecule is CSc1noc(C(=O)O)c1Cl. The summed E-state index contributed by atoms with van der Waals surface area (Å²) in [6, 6.07) is 0. The van der Waals surface area contributed by atoms with Gasteiger partial charge in [0.05, 0.1) is 0 Å². The first-order valence-corrected chi connectivity index (χ1v) is 4.19. The molecule has 0 amide bonds. The summed E-state index contributed by atoms with van der Waals surface area (Å²) in [6.07, 6.45) is 1.73. The van der Waals surface area contributed by atoms with E-state index in [4.69, 9.17) is 16.7 Å². The van der Waals surface area contributed by atoms with Gasteiger partial charge in [-0.25, -0.2) is 4.79 Å². The Kier molecular flexibility index (Phi) is 2.41. The summed E-state index contributed by atoms with van der Waals surface area (Å²) in [5, 5.41) is 12.3. The van der Waals surface area contributed by atoms with Crippen LogP contribution in [0.15, 0.2) is 9.55 Å². The van der Waals surface area contributed by atoms with Gasteiger partial charge in [0.2, 0.25) is 0 Å². The van der Waals surface area contributed by atoms with Crippen molar-refractivity contribution in [3.05, 3.63) is 10.8 Å². The van der Waals surface area contributed by atoms with Gasteiger partial charge in [-0.05, 0) is 6.26 Å². The molecule has 1 aromatic heterocycles. The highest BCUT2D eigenvalue weighted by molar-refractivity contribution is 7.98. The van der Waals surface area contributed by atoms with Crippen LogP contribution >= 0.6 is 23.4 Å². The molecule has 11 heavy (non-hydrogen) atoms. The zero-order valence-electron chi connectivity index (χ0n) is 5.50. The van der Waals surface area contributed by atoms with Crippen LogP contribution in [0, 0.1) is 0 Å². The van der Waals surface area contributed by atoms with E-state index in [1.807, 2.05) is 0 Å². The second kappa shape index (κ2) is 3.15. The number of carboxylic acid groups (broad SMARTS) is 1. The van der Waals surface area contributed by atoms with Crippen molar-refractivity contribution in [1.29, 1.82) is 0 Å². The molecule has 0 fully saturated rings. The first-order chi connectivity index (χ1) is 5.16. The van der Waals surface area contributed by atoms with E-state index in [-0.39, 0.29) is 10.8 Å². The third-order valence-electron chi connectivity index (χ3n) is 0.995. The summed E-state index contributed by atoms with van der Waals surface area (Å²) >= 11 is 6.80. The lowest BCUT2D eigenvalue weighted by Gasteiger charge is -1.85. The Balaban J connectivity index is 3.10. The summed E-state index contributed by atoms with van der Waals surface area (Å²) in [7, 11) is 0. The lowest BCUT2D eigenvalue weighted by molar-refractivity contribution is 0.0652. The van der Waals surface area contributed by atoms with Crippen molar-refractivity contribution in [3.63, 3.8) is 0 Å². The number of halogens is 1. The Labute approximate surface area is 71.5 Å². The van der Waals surface area contributed by atoms with Gasteiger partial charge < -0.3 is 9.63 Å². The summed E-state index contributed by atoms with van der Waals surface area (Å²) < 4.78 is 4.45. The summed E-state index contributed by atoms with van der Waals surface area (Å²) in [6.45, 7) is 0. The fourth-order valence-electron chi connectivity index (χ4n) is 0.524. The quantitative estimate of drug-likeness (QED) is 0.725. The van der Waals surface area contributed by atoms with Crippen LogP contribution in [0.4, 0.5) is 0 Å². The van der Waals surface area contributed by atoms with Crippen molar-refractivity contribution < 1.29 is 14.4 Å². The molecule has 0 aliphatic rings. The molecule has 1 N–H and O–H groups in total. The monoisotopic (exact) mass is 193 g/mol. The van der Waals surface area contributed by atoms with Crippen molar-refractivity contribution in [3.8, 4) is 0 Å². The van der Waals surface area contributed by atoms with Crippen LogP contribution in [-0.4, -0.2) is 22.5 Å². The van der Waals surface area contributed by atoms with E-state index in [2.05, 4.69) is 9.68 Å². The van der Waals surface area contributed by atoms with Gasteiger partial charge in [0.1, 0.15) is 5.02 Å². The van der Waals surface area contributed by atoms with Crippen molar-refractivity contribution in [1.82, 2.24) is 5.16 Å². The lowest BCUT2D eigenvalue weighted by Crippen LogP contribution is -1.93. The van der Waals surface area contributed by atoms with Crippen LogP contribution in [0.5, 0.6) is 0 Å². The molecule has 0 aromatic carbocycles. The van der Waals surface area contributed by atoms with E-state index in [0.717, 1.165) is 0 Å². The fourth-order valence-corrected chi connectivity index (χ4v) is 1.29. The topological polar surface area (TPSA) is 63.3 Å². The molecule has 0 spiro atoms. The normalized spacial score (nSPS) is 10.0. The molecule has 0 unspecified atom stereocenters. The van der Waals surface area contributed by atoms with Crippen molar-refractivity contribution in [2.75, 3.05) is 6.26 Å². The number of aromatic nitrogens is 1. The molecule has 4 nitrogen and oxygen atoms in total. The molecule has 0 aliphatic heterocycles. The Hall–Kier alpha value is -0.680. The van der Waals surface area contributed by atoms with Crippen molar-refractivity contribution in [2.45, 2.75) is 5.03 Å². The highest BCUT2D eigenvalue weighted by atomic mass is 35.5. The molecular formula is C5H4ClNO3S. The minimum absolute atomic E-state index is 0.0602. The number of thioether (sulfide) groups is 1. The molecule has 1 heterocycles. The number of nitrogens with zero attached hydrogens (tertiary/aromatic N) is 1. The second-order valence-corrected chi connectivity index (χ2v) is 2.81. The van der Waals surface area contributed by atoms with Gasteiger partial charge in [0.25, 0.3) is 5.76 Å². The molecular weight excluding hydrogens is 190 g/mol. The maximum atomic E-state index is 10.3. The second-order valence-electron chi connectivity index (χ2n) is 1.64. The van der Waals surface area contributed by atoms with Crippen LogP contribution in [-0.2, 0) is 0 Å². The predicted octanol–water partition coefficient (Wildman–Crippen LogP) is 1.75. The standard InChI is InChI=1S/C5H4ClNO3S/c1-11-4-2(6)3(5(8)9)10-7-4/h1H3,(H,8,9). The summed E-state index contributed by atoms with van der Waals surface area (Å²) in [4.78, 5) is 10.3. The Morgan fingerprint density at radius 1 is 1.82 bits per heavy atom. The van der Waals surface area contributed by atoms with Crippen LogP contribution in [0.1, 0.15) is 10.6 Å². The minimum atomic E-state index is -1.21. The largest absolute Gasteiger partial charge is 0.475 e. The summed E-state index contributed by atoms with van der Waals surface area (Å²) in [5.74, 6) is -1.51. The Bertz CT molecular complexity index is 285. The van der Waals surface area contributed by atoms with Crippen LogP contribution < -0.4 is 0 Å². The molecule has 60 valence electrons. The van der Waals surface area contributed by atoms with Gasteiger partial charge in [-0.3, -0.25) is 0 Å². The smallest absolute Gasteiger partial charge is 0.376 e. The zero-order chi connectivity index (χ0) is 8.43. The van der Waals surface area contributed by atoms with Gasteiger partial charge in [-0.1, -0.05) is 16.8 Å². The number of carbonyl (C=O) groups is 1. The highest BCUT2D eigenvalue weighted by Gasteiger charge is 2.18. The predicted molar refractivity (Wildman–Crippen MR) is 40.3 cm³/mol. The third kappa shape index (κ3) is 1.49. The maximum Gasteiger partial charge on any atom is 0.376 e. The van der Waals surface area contributed by atoms with E-state index >= 15 is 0 Å². The molecule has 0 atom stereocenters. The first kappa shape index (κ1) is 8.42. The molecule has 0 saturated carbocycles. The van der Waals surface area contributed by atoms with Gasteiger partial charge in [0, 0.05) is 0 Å². The van der Waals surface area contributed by atoms with Crippen molar-refractivity contribution >= 4 is 29.3 Å². The minimum Gasteiger partial charge on any atom is -0.475 e. The average molecular weight is 194 g/mol. The number of carboxylic acids is 1. The first-order valence-electron chi connectivity index (χ1n) is 2.59. The van der Waals surface area contributed by atoms with Crippen LogP contribution in [0.25, 0.3) is 0 Å². The maximum absolute atomic E-state index is 10.3. The molecule has 0 radical (unpaired) electrons. The number of aromatic carboxylic acids is 1. The van der Waals surface area contributed by atoms with Gasteiger partial charge in [0.15, 0.2) is 5.03 Å².